The Labute approximate surface area is 141 Å². The lowest BCUT2D eigenvalue weighted by Crippen LogP contribution is -2.41. The first kappa shape index (κ1) is 16.9. The molecular weight excluding hydrogens is 311 g/mol. The van der Waals surface area contributed by atoms with Crippen LogP contribution in [0.5, 0.6) is 0 Å². The molecule has 0 radical (unpaired) electrons. The van der Waals surface area contributed by atoms with Gasteiger partial charge in [-0.3, -0.25) is 9.59 Å². The number of fused-ring (bicyclic) bond motifs is 1. The number of carbonyl (C=O) groups excluding carboxylic acids is 2. The second-order valence-electron chi connectivity index (χ2n) is 6.81. The monoisotopic (exact) mass is 334 g/mol. The summed E-state index contributed by atoms with van der Waals surface area (Å²) in [7, 11) is 0. The van der Waals surface area contributed by atoms with Gasteiger partial charge in [0, 0.05) is 19.2 Å². The number of amides is 2. The molecule has 2 fully saturated rings. The van der Waals surface area contributed by atoms with E-state index in [-0.39, 0.29) is 48.2 Å². The molecule has 130 valence electrons. The minimum absolute atomic E-state index is 0.0504. The van der Waals surface area contributed by atoms with Gasteiger partial charge in [-0.05, 0) is 38.0 Å². The van der Waals surface area contributed by atoms with Gasteiger partial charge in [0.2, 0.25) is 11.8 Å². The molecule has 3 atom stereocenters. The Balaban J connectivity index is 1.71. The second kappa shape index (κ2) is 6.89. The minimum atomic E-state index is -0.349. The van der Waals surface area contributed by atoms with E-state index in [0.29, 0.717) is 18.7 Å². The van der Waals surface area contributed by atoms with Crippen molar-refractivity contribution < 1.29 is 18.7 Å². The van der Waals surface area contributed by atoms with Crippen molar-refractivity contribution in [2.45, 2.75) is 44.9 Å². The minimum Gasteiger partial charge on any atom is -0.375 e. The van der Waals surface area contributed by atoms with Gasteiger partial charge in [-0.1, -0.05) is 12.1 Å². The number of nitrogens with zero attached hydrogens (tertiary/aromatic N) is 1. The fourth-order valence-corrected chi connectivity index (χ4v) is 3.60. The Bertz CT molecular complexity index is 634. The Morgan fingerprint density at radius 3 is 2.92 bits per heavy atom. The number of carbonyl (C=O) groups is 2. The highest BCUT2D eigenvalue weighted by atomic mass is 19.1. The highest BCUT2D eigenvalue weighted by Gasteiger charge is 2.50. The molecule has 0 aliphatic carbocycles. The third kappa shape index (κ3) is 3.43. The Morgan fingerprint density at radius 1 is 1.42 bits per heavy atom. The number of nitrogens with one attached hydrogen (secondary N) is 1. The van der Waals surface area contributed by atoms with E-state index in [0.717, 1.165) is 6.42 Å². The lowest BCUT2D eigenvalue weighted by Gasteiger charge is -2.22. The largest absolute Gasteiger partial charge is 0.375 e. The van der Waals surface area contributed by atoms with Crippen molar-refractivity contribution in [2.75, 3.05) is 13.2 Å². The fourth-order valence-electron chi connectivity index (χ4n) is 3.60. The van der Waals surface area contributed by atoms with E-state index < -0.39 is 0 Å². The molecule has 5 nitrogen and oxygen atoms in total. The molecule has 1 aromatic carbocycles. The molecule has 1 aromatic rings. The number of ether oxygens (including phenoxy) is 1. The van der Waals surface area contributed by atoms with Gasteiger partial charge in [0.15, 0.2) is 0 Å². The van der Waals surface area contributed by atoms with Crippen molar-refractivity contribution in [1.29, 1.82) is 0 Å². The van der Waals surface area contributed by atoms with Gasteiger partial charge in [0.1, 0.15) is 5.82 Å². The third-order valence-corrected chi connectivity index (χ3v) is 4.63. The van der Waals surface area contributed by atoms with Crippen molar-refractivity contribution in [3.05, 3.63) is 35.6 Å². The van der Waals surface area contributed by atoms with Crippen LogP contribution >= 0.6 is 0 Å². The first-order valence-electron chi connectivity index (χ1n) is 8.41. The normalized spacial score (nSPS) is 25.8. The molecule has 0 aromatic heterocycles. The summed E-state index contributed by atoms with van der Waals surface area (Å²) >= 11 is 0. The summed E-state index contributed by atoms with van der Waals surface area (Å²) in [6.07, 6.45) is 0.644. The van der Waals surface area contributed by atoms with Crippen LogP contribution in [-0.4, -0.2) is 48.1 Å². The summed E-state index contributed by atoms with van der Waals surface area (Å²) in [5.41, 5.74) is 0.644. The second-order valence-corrected chi connectivity index (χ2v) is 6.81. The predicted molar refractivity (Wildman–Crippen MR) is 86.7 cm³/mol. The zero-order valence-electron chi connectivity index (χ0n) is 14.0. The molecule has 2 saturated heterocycles. The first-order chi connectivity index (χ1) is 11.5. The van der Waals surface area contributed by atoms with E-state index in [1.54, 1.807) is 17.0 Å². The zero-order chi connectivity index (χ0) is 17.3. The Hall–Kier alpha value is -1.95. The van der Waals surface area contributed by atoms with E-state index in [4.69, 9.17) is 4.74 Å². The average molecular weight is 334 g/mol. The molecule has 2 amide bonds. The Morgan fingerprint density at radius 2 is 2.21 bits per heavy atom. The van der Waals surface area contributed by atoms with Gasteiger partial charge in [-0.25, -0.2) is 4.39 Å². The van der Waals surface area contributed by atoms with Crippen LogP contribution in [0, 0.1) is 11.7 Å². The van der Waals surface area contributed by atoms with Crippen molar-refractivity contribution in [1.82, 2.24) is 10.2 Å². The van der Waals surface area contributed by atoms with E-state index in [2.05, 4.69) is 5.32 Å². The molecule has 24 heavy (non-hydrogen) atoms. The van der Waals surface area contributed by atoms with Crippen molar-refractivity contribution in [3.8, 4) is 0 Å². The summed E-state index contributed by atoms with van der Waals surface area (Å²) in [6.45, 7) is 4.74. The summed E-state index contributed by atoms with van der Waals surface area (Å²) in [6, 6.07) is 6.06. The van der Waals surface area contributed by atoms with Crippen LogP contribution in [-0.2, 0) is 20.7 Å². The Kier molecular flexibility index (Phi) is 4.85. The van der Waals surface area contributed by atoms with Crippen molar-refractivity contribution in [2.24, 2.45) is 5.92 Å². The molecule has 1 N–H and O–H groups in total. The molecule has 0 bridgehead atoms. The number of rotatable bonds is 4. The van der Waals surface area contributed by atoms with E-state index in [1.807, 2.05) is 13.8 Å². The van der Waals surface area contributed by atoms with Gasteiger partial charge >= 0.3 is 0 Å². The van der Waals surface area contributed by atoms with Gasteiger partial charge in [-0.2, -0.15) is 0 Å². The fraction of sp³-hybridized carbons (Fsp3) is 0.556. The molecule has 6 heteroatoms. The van der Waals surface area contributed by atoms with Crippen molar-refractivity contribution >= 4 is 11.8 Å². The molecule has 2 aliphatic rings. The summed E-state index contributed by atoms with van der Waals surface area (Å²) in [5.74, 6) is -0.835. The number of likely N-dealkylation sites (tertiary alicyclic amines) is 1. The number of hydrogen-bond donors (Lipinski definition) is 1. The topological polar surface area (TPSA) is 58.6 Å². The van der Waals surface area contributed by atoms with E-state index in [1.165, 1.54) is 12.1 Å². The van der Waals surface area contributed by atoms with Gasteiger partial charge < -0.3 is 15.0 Å². The maximum atomic E-state index is 13.3. The van der Waals surface area contributed by atoms with E-state index in [9.17, 15) is 14.0 Å². The number of hydrogen-bond acceptors (Lipinski definition) is 3. The first-order valence-corrected chi connectivity index (χ1v) is 8.41. The third-order valence-electron chi connectivity index (χ3n) is 4.63. The molecule has 0 spiro atoms. The lowest BCUT2D eigenvalue weighted by atomic mass is 10.0. The maximum Gasteiger partial charge on any atom is 0.227 e. The van der Waals surface area contributed by atoms with Gasteiger partial charge in [-0.15, -0.1) is 0 Å². The van der Waals surface area contributed by atoms with Crippen LogP contribution in [0.1, 0.15) is 25.8 Å². The summed E-state index contributed by atoms with van der Waals surface area (Å²) in [5, 5.41) is 2.91. The molecule has 0 unspecified atom stereocenters. The van der Waals surface area contributed by atoms with Crippen LogP contribution in [0.3, 0.4) is 0 Å². The molecular formula is C18H23FN2O3. The van der Waals surface area contributed by atoms with Crippen LogP contribution in [0.15, 0.2) is 24.3 Å². The van der Waals surface area contributed by atoms with E-state index >= 15 is 0 Å². The van der Waals surface area contributed by atoms with Gasteiger partial charge in [0.05, 0.1) is 24.5 Å². The quantitative estimate of drug-likeness (QED) is 0.908. The molecule has 0 saturated carbocycles. The SMILES string of the molecule is CC(C)NC(=O)[C@@H]1CN(C(=O)Cc2cccc(F)c2)[C@@H]2CCO[C@H]21. The highest BCUT2D eigenvalue weighted by molar-refractivity contribution is 5.84. The molecule has 3 rings (SSSR count). The lowest BCUT2D eigenvalue weighted by molar-refractivity contribution is -0.131. The predicted octanol–water partition coefficient (Wildman–Crippen LogP) is 1.51. The molecule has 2 heterocycles. The van der Waals surface area contributed by atoms with Crippen LogP contribution in [0.25, 0.3) is 0 Å². The van der Waals surface area contributed by atoms with Crippen LogP contribution in [0.4, 0.5) is 4.39 Å². The van der Waals surface area contributed by atoms with Crippen molar-refractivity contribution in [3.63, 3.8) is 0 Å². The smallest absolute Gasteiger partial charge is 0.227 e. The number of benzene rings is 1. The van der Waals surface area contributed by atoms with Crippen LogP contribution < -0.4 is 5.32 Å². The number of halogens is 1. The molecule has 2 aliphatic heterocycles. The average Bonchev–Trinajstić information content (AvgIpc) is 3.07. The summed E-state index contributed by atoms with van der Waals surface area (Å²) < 4.78 is 19.0. The zero-order valence-corrected chi connectivity index (χ0v) is 14.0. The van der Waals surface area contributed by atoms with Gasteiger partial charge in [0.25, 0.3) is 0 Å². The maximum absolute atomic E-state index is 13.3. The van der Waals surface area contributed by atoms with Crippen LogP contribution in [0.2, 0.25) is 0 Å². The highest BCUT2D eigenvalue weighted by Crippen LogP contribution is 2.34. The standard InChI is InChI=1S/C18H23FN2O3/c1-11(2)20-18(23)14-10-21(15-6-7-24-17(14)15)16(22)9-12-4-3-5-13(19)8-12/h3-5,8,11,14-15,17H,6-7,9-10H2,1-2H3,(H,20,23)/t14-,15-,17+/m1/s1. The summed E-state index contributed by atoms with van der Waals surface area (Å²) in [4.78, 5) is 26.8.